The fraction of sp³-hybridized carbons (Fsp3) is 0.500. The number of hydrogen-bond acceptors (Lipinski definition) is 3. The van der Waals surface area contributed by atoms with E-state index in [-0.39, 0.29) is 6.04 Å². The standard InChI is InChI=1S/C12H16N2O2S/c15-17(16,14-10-2-1-3-10)11-5-4-9-6-7-13-12(9)8-11/h4-5,8,10,13-14H,1-3,6-7H2. The van der Waals surface area contributed by atoms with Gasteiger partial charge in [0, 0.05) is 18.3 Å². The fourth-order valence-corrected chi connectivity index (χ4v) is 3.58. The molecule has 1 aromatic carbocycles. The highest BCUT2D eigenvalue weighted by Gasteiger charge is 2.25. The van der Waals surface area contributed by atoms with Gasteiger partial charge in [-0.25, -0.2) is 13.1 Å². The second kappa shape index (κ2) is 3.99. The van der Waals surface area contributed by atoms with Crippen LogP contribution in [-0.4, -0.2) is 21.0 Å². The second-order valence-corrected chi connectivity index (χ2v) is 6.46. The largest absolute Gasteiger partial charge is 0.384 e. The van der Waals surface area contributed by atoms with Gasteiger partial charge in [0.25, 0.3) is 0 Å². The molecule has 0 bridgehead atoms. The zero-order valence-corrected chi connectivity index (χ0v) is 10.4. The molecule has 1 aromatic rings. The first-order valence-corrected chi connectivity index (χ1v) is 7.53. The van der Waals surface area contributed by atoms with Crippen molar-refractivity contribution in [3.05, 3.63) is 23.8 Å². The van der Waals surface area contributed by atoms with Gasteiger partial charge in [-0.2, -0.15) is 0 Å². The molecule has 1 aliphatic carbocycles. The predicted octanol–water partition coefficient (Wildman–Crippen LogP) is 1.49. The number of benzene rings is 1. The molecule has 0 aromatic heterocycles. The number of hydrogen-bond donors (Lipinski definition) is 2. The highest BCUT2D eigenvalue weighted by atomic mass is 32.2. The normalized spacial score (nSPS) is 19.5. The van der Waals surface area contributed by atoms with Crippen LogP contribution in [0.15, 0.2) is 23.1 Å². The summed E-state index contributed by atoms with van der Waals surface area (Å²) in [7, 11) is -3.33. The van der Waals surface area contributed by atoms with Crippen LogP contribution in [0, 0.1) is 0 Å². The average Bonchev–Trinajstić information content (AvgIpc) is 2.70. The van der Waals surface area contributed by atoms with E-state index in [1.165, 1.54) is 5.56 Å². The summed E-state index contributed by atoms with van der Waals surface area (Å²) in [5.41, 5.74) is 2.16. The Morgan fingerprint density at radius 2 is 2.12 bits per heavy atom. The zero-order valence-electron chi connectivity index (χ0n) is 9.57. The molecule has 2 aliphatic rings. The van der Waals surface area contributed by atoms with E-state index in [9.17, 15) is 8.42 Å². The Balaban J connectivity index is 1.87. The van der Waals surface area contributed by atoms with Crippen LogP contribution in [0.2, 0.25) is 0 Å². The third-order valence-electron chi connectivity index (χ3n) is 3.53. The minimum absolute atomic E-state index is 0.140. The van der Waals surface area contributed by atoms with E-state index in [2.05, 4.69) is 10.0 Å². The Labute approximate surface area is 101 Å². The highest BCUT2D eigenvalue weighted by Crippen LogP contribution is 2.26. The van der Waals surface area contributed by atoms with Crippen molar-refractivity contribution in [2.75, 3.05) is 11.9 Å². The van der Waals surface area contributed by atoms with Gasteiger partial charge in [-0.05, 0) is 37.0 Å². The van der Waals surface area contributed by atoms with Crippen LogP contribution < -0.4 is 10.0 Å². The van der Waals surface area contributed by atoms with Crippen LogP contribution in [0.3, 0.4) is 0 Å². The quantitative estimate of drug-likeness (QED) is 0.857. The zero-order chi connectivity index (χ0) is 11.9. The maximum absolute atomic E-state index is 12.1. The second-order valence-electron chi connectivity index (χ2n) is 4.74. The number of sulfonamides is 1. The topological polar surface area (TPSA) is 58.2 Å². The van der Waals surface area contributed by atoms with Crippen LogP contribution in [-0.2, 0) is 16.4 Å². The van der Waals surface area contributed by atoms with Crippen LogP contribution >= 0.6 is 0 Å². The molecule has 2 N–H and O–H groups in total. The first-order chi connectivity index (χ1) is 8.15. The molecular weight excluding hydrogens is 236 g/mol. The number of anilines is 1. The summed E-state index contributed by atoms with van der Waals surface area (Å²) in [6.07, 6.45) is 4.02. The number of rotatable bonds is 3. The molecule has 0 atom stereocenters. The lowest BCUT2D eigenvalue weighted by molar-refractivity contribution is 0.383. The maximum Gasteiger partial charge on any atom is 0.240 e. The monoisotopic (exact) mass is 252 g/mol. The summed E-state index contributed by atoms with van der Waals surface area (Å²) < 4.78 is 26.9. The summed E-state index contributed by atoms with van der Waals surface area (Å²) in [5, 5.41) is 3.20. The Morgan fingerprint density at radius 1 is 1.29 bits per heavy atom. The van der Waals surface area contributed by atoms with Crippen molar-refractivity contribution in [2.45, 2.75) is 36.6 Å². The summed E-state index contributed by atoms with van der Waals surface area (Å²) in [5.74, 6) is 0. The lowest BCUT2D eigenvalue weighted by Crippen LogP contribution is -2.39. The van der Waals surface area contributed by atoms with Gasteiger partial charge in [-0.15, -0.1) is 0 Å². The molecule has 0 amide bonds. The van der Waals surface area contributed by atoms with Crippen molar-refractivity contribution in [2.24, 2.45) is 0 Å². The first-order valence-electron chi connectivity index (χ1n) is 6.04. The minimum Gasteiger partial charge on any atom is -0.384 e. The summed E-state index contributed by atoms with van der Waals surface area (Å²) in [6.45, 7) is 0.898. The Hall–Kier alpha value is -1.07. The summed E-state index contributed by atoms with van der Waals surface area (Å²) in [6, 6.07) is 5.49. The minimum atomic E-state index is -3.33. The van der Waals surface area contributed by atoms with E-state index < -0.39 is 10.0 Å². The van der Waals surface area contributed by atoms with Crippen molar-refractivity contribution in [1.82, 2.24) is 4.72 Å². The van der Waals surface area contributed by atoms with Crippen molar-refractivity contribution >= 4 is 15.7 Å². The van der Waals surface area contributed by atoms with Crippen molar-refractivity contribution < 1.29 is 8.42 Å². The van der Waals surface area contributed by atoms with Crippen molar-refractivity contribution in [1.29, 1.82) is 0 Å². The molecule has 4 nitrogen and oxygen atoms in total. The van der Waals surface area contributed by atoms with Crippen LogP contribution in [0.25, 0.3) is 0 Å². The number of nitrogens with one attached hydrogen (secondary N) is 2. The molecule has 1 fully saturated rings. The SMILES string of the molecule is O=S(=O)(NC1CCC1)c1ccc2c(c1)NCC2. The Kier molecular flexibility index (Phi) is 2.60. The van der Waals surface area contributed by atoms with Gasteiger partial charge >= 0.3 is 0 Å². The van der Waals surface area contributed by atoms with Crippen LogP contribution in [0.1, 0.15) is 24.8 Å². The smallest absolute Gasteiger partial charge is 0.240 e. The van der Waals surface area contributed by atoms with E-state index in [1.807, 2.05) is 6.07 Å². The molecule has 0 saturated heterocycles. The predicted molar refractivity (Wildman–Crippen MR) is 66.6 cm³/mol. The Morgan fingerprint density at radius 3 is 2.82 bits per heavy atom. The van der Waals surface area contributed by atoms with E-state index >= 15 is 0 Å². The Bertz CT molecular complexity index is 535. The molecule has 5 heteroatoms. The van der Waals surface area contributed by atoms with E-state index in [0.717, 1.165) is 37.9 Å². The molecule has 0 unspecified atom stereocenters. The van der Waals surface area contributed by atoms with Crippen LogP contribution in [0.4, 0.5) is 5.69 Å². The molecule has 0 spiro atoms. The lowest BCUT2D eigenvalue weighted by atomic mass is 9.94. The first kappa shape index (κ1) is 11.0. The molecule has 0 radical (unpaired) electrons. The molecule has 92 valence electrons. The number of fused-ring (bicyclic) bond motifs is 1. The third-order valence-corrected chi connectivity index (χ3v) is 5.05. The van der Waals surface area contributed by atoms with Gasteiger partial charge in [-0.3, -0.25) is 0 Å². The van der Waals surface area contributed by atoms with Crippen molar-refractivity contribution in [3.63, 3.8) is 0 Å². The van der Waals surface area contributed by atoms with Gasteiger partial charge in [0.05, 0.1) is 4.90 Å². The third kappa shape index (κ3) is 2.05. The van der Waals surface area contributed by atoms with Gasteiger partial charge in [0.1, 0.15) is 0 Å². The molecule has 1 saturated carbocycles. The van der Waals surface area contributed by atoms with Crippen LogP contribution in [0.5, 0.6) is 0 Å². The van der Waals surface area contributed by atoms with Gasteiger partial charge in [-0.1, -0.05) is 12.5 Å². The highest BCUT2D eigenvalue weighted by molar-refractivity contribution is 7.89. The summed E-state index contributed by atoms with van der Waals surface area (Å²) in [4.78, 5) is 0.373. The molecular formula is C12H16N2O2S. The average molecular weight is 252 g/mol. The molecule has 1 heterocycles. The molecule has 17 heavy (non-hydrogen) atoms. The molecule has 1 aliphatic heterocycles. The fourth-order valence-electron chi connectivity index (χ4n) is 2.25. The summed E-state index contributed by atoms with van der Waals surface area (Å²) >= 11 is 0. The maximum atomic E-state index is 12.1. The lowest BCUT2D eigenvalue weighted by Gasteiger charge is -2.26. The van der Waals surface area contributed by atoms with Gasteiger partial charge < -0.3 is 5.32 Å². The van der Waals surface area contributed by atoms with E-state index in [0.29, 0.717) is 4.90 Å². The van der Waals surface area contributed by atoms with Gasteiger partial charge in [0.15, 0.2) is 0 Å². The van der Waals surface area contributed by atoms with E-state index in [4.69, 9.17) is 0 Å². The van der Waals surface area contributed by atoms with Crippen molar-refractivity contribution in [3.8, 4) is 0 Å². The molecule has 3 rings (SSSR count). The van der Waals surface area contributed by atoms with E-state index in [1.54, 1.807) is 12.1 Å². The van der Waals surface area contributed by atoms with Gasteiger partial charge in [0.2, 0.25) is 10.0 Å².